The molecular weight excluding hydrogens is 439 g/mol. The average Bonchev–Trinajstić information content (AvgIpc) is 3.38. The number of benzene rings is 2. The third-order valence-corrected chi connectivity index (χ3v) is 6.32. The average molecular weight is 459 g/mol. The number of amides is 1. The lowest BCUT2D eigenvalue weighted by Gasteiger charge is -2.12. The van der Waals surface area contributed by atoms with Crippen molar-refractivity contribution in [3.8, 4) is 0 Å². The number of carbonyl (C=O) groups is 1. The lowest BCUT2D eigenvalue weighted by molar-refractivity contribution is -0.137. The minimum Gasteiger partial charge on any atom is -0.316 e. The van der Waals surface area contributed by atoms with Gasteiger partial charge in [-0.05, 0) is 43.2 Å². The maximum atomic E-state index is 13.1. The normalized spacial score (nSPS) is 16.5. The van der Waals surface area contributed by atoms with E-state index >= 15 is 0 Å². The van der Waals surface area contributed by atoms with Crippen LogP contribution in [0.5, 0.6) is 0 Å². The van der Waals surface area contributed by atoms with Gasteiger partial charge in [0.25, 0.3) is 0 Å². The quantitative estimate of drug-likeness (QED) is 0.556. The number of carbonyl (C=O) groups excluding carboxylic acids is 1. The molecule has 2 aromatic carbocycles. The van der Waals surface area contributed by atoms with Crippen LogP contribution in [-0.4, -0.2) is 33.6 Å². The Hall–Kier alpha value is -3.01. The number of halogens is 3. The van der Waals surface area contributed by atoms with Gasteiger partial charge < -0.3 is 9.88 Å². The van der Waals surface area contributed by atoms with Gasteiger partial charge in [-0.2, -0.15) is 18.3 Å². The molecule has 0 bridgehead atoms. The summed E-state index contributed by atoms with van der Waals surface area (Å²) in [5, 5.41) is 9.70. The number of hydrazone groups is 1. The number of alkyl halides is 3. The molecule has 0 saturated heterocycles. The Balaban J connectivity index is 1.28. The van der Waals surface area contributed by atoms with Gasteiger partial charge in [-0.25, -0.2) is 4.98 Å². The molecule has 32 heavy (non-hydrogen) atoms. The molecule has 3 aromatic rings. The predicted octanol–water partition coefficient (Wildman–Crippen LogP) is 4.82. The molecule has 0 atom stereocenters. The van der Waals surface area contributed by atoms with Gasteiger partial charge in [0.2, 0.25) is 5.91 Å². The smallest absolute Gasteiger partial charge is 0.316 e. The molecule has 0 radical (unpaired) electrons. The van der Waals surface area contributed by atoms with Crippen molar-refractivity contribution in [1.29, 1.82) is 0 Å². The van der Waals surface area contributed by atoms with Gasteiger partial charge in [-0.1, -0.05) is 30.0 Å². The van der Waals surface area contributed by atoms with Crippen molar-refractivity contribution in [2.45, 2.75) is 36.6 Å². The Morgan fingerprint density at radius 1 is 1.16 bits per heavy atom. The summed E-state index contributed by atoms with van der Waals surface area (Å²) < 4.78 is 41.2. The molecule has 1 aromatic heterocycles. The van der Waals surface area contributed by atoms with Crippen LogP contribution < -0.4 is 10.3 Å². The molecule has 1 N–H and O–H groups in total. The van der Waals surface area contributed by atoms with Crippen LogP contribution >= 0.6 is 11.8 Å². The molecule has 166 valence electrons. The number of anilines is 1. The lowest BCUT2D eigenvalue weighted by Crippen LogP contribution is -2.30. The van der Waals surface area contributed by atoms with E-state index in [0.29, 0.717) is 35.0 Å². The molecule has 1 aliphatic heterocycles. The van der Waals surface area contributed by atoms with Crippen molar-refractivity contribution in [2.75, 3.05) is 17.3 Å². The molecular formula is C22H20F3N5OS. The zero-order valence-corrected chi connectivity index (χ0v) is 17.8. The summed E-state index contributed by atoms with van der Waals surface area (Å²) in [7, 11) is 0. The van der Waals surface area contributed by atoms with E-state index in [9.17, 15) is 18.0 Å². The van der Waals surface area contributed by atoms with Gasteiger partial charge in [0, 0.05) is 19.0 Å². The van der Waals surface area contributed by atoms with E-state index in [-0.39, 0.29) is 17.7 Å². The summed E-state index contributed by atoms with van der Waals surface area (Å²) in [4.78, 5) is 16.9. The van der Waals surface area contributed by atoms with Crippen molar-refractivity contribution in [2.24, 2.45) is 5.10 Å². The van der Waals surface area contributed by atoms with Gasteiger partial charge in [-0.15, -0.1) is 0 Å². The highest BCUT2D eigenvalue weighted by Crippen LogP contribution is 2.42. The number of nitrogens with zero attached hydrogens (tertiary/aromatic N) is 4. The van der Waals surface area contributed by atoms with E-state index in [1.807, 2.05) is 39.9 Å². The third-order valence-electron chi connectivity index (χ3n) is 5.37. The fraction of sp³-hybridized carbons (Fsp3) is 0.318. The number of hydrogen-bond acceptors (Lipinski definition) is 5. The zero-order chi connectivity index (χ0) is 22.3. The topological polar surface area (TPSA) is 62.5 Å². The molecule has 1 fully saturated rings. The Bertz CT molecular complexity index is 1190. The largest absolute Gasteiger partial charge is 0.416 e. The van der Waals surface area contributed by atoms with Gasteiger partial charge in [-0.3, -0.25) is 9.80 Å². The standard InChI is InChI=1S/C22H20F3N5OS/c23-22(24,25)14-6-9-18-17(12-14)26-21(30(18)16-7-8-16)32-13-20(31)27-19-10-11-29(28-19)15-4-2-1-3-5-15/h1-6,9,12,16H,7-8,10-11,13H2,(H,27,28,31). The summed E-state index contributed by atoms with van der Waals surface area (Å²) in [6.45, 7) is 0.686. The van der Waals surface area contributed by atoms with Gasteiger partial charge in [0.15, 0.2) is 5.16 Å². The summed E-state index contributed by atoms with van der Waals surface area (Å²) >= 11 is 1.23. The highest BCUT2D eigenvalue weighted by molar-refractivity contribution is 7.99. The van der Waals surface area contributed by atoms with Crippen LogP contribution in [0.15, 0.2) is 58.8 Å². The van der Waals surface area contributed by atoms with E-state index in [0.717, 1.165) is 30.7 Å². The summed E-state index contributed by atoms with van der Waals surface area (Å²) in [5.41, 5.74) is 1.21. The van der Waals surface area contributed by atoms with E-state index in [1.165, 1.54) is 17.8 Å². The van der Waals surface area contributed by atoms with E-state index in [2.05, 4.69) is 15.4 Å². The van der Waals surface area contributed by atoms with Crippen molar-refractivity contribution in [3.05, 3.63) is 54.1 Å². The molecule has 1 saturated carbocycles. The number of thioether (sulfide) groups is 1. The van der Waals surface area contributed by atoms with Crippen LogP contribution in [0.25, 0.3) is 11.0 Å². The van der Waals surface area contributed by atoms with Crippen LogP contribution in [0, 0.1) is 0 Å². The van der Waals surface area contributed by atoms with E-state index < -0.39 is 11.7 Å². The lowest BCUT2D eigenvalue weighted by atomic mass is 10.2. The Kier molecular flexibility index (Phi) is 5.32. The summed E-state index contributed by atoms with van der Waals surface area (Å²) in [5.74, 6) is 0.492. The maximum absolute atomic E-state index is 13.1. The fourth-order valence-electron chi connectivity index (χ4n) is 3.70. The molecule has 1 amide bonds. The van der Waals surface area contributed by atoms with E-state index in [4.69, 9.17) is 0 Å². The van der Waals surface area contributed by atoms with Crippen LogP contribution in [0.2, 0.25) is 0 Å². The highest BCUT2D eigenvalue weighted by atomic mass is 32.2. The van der Waals surface area contributed by atoms with Crippen molar-refractivity contribution in [1.82, 2.24) is 14.9 Å². The molecule has 5 rings (SSSR count). The minimum absolute atomic E-state index is 0.104. The van der Waals surface area contributed by atoms with Crippen LogP contribution in [0.4, 0.5) is 18.9 Å². The summed E-state index contributed by atoms with van der Waals surface area (Å²) in [6, 6.07) is 13.6. The first-order valence-electron chi connectivity index (χ1n) is 10.3. The molecule has 2 aliphatic rings. The SMILES string of the molecule is O=C(CSc1nc2cc(C(F)(F)F)ccc2n1C1CC1)NC1=NN(c2ccccc2)CC1. The molecule has 1 aliphatic carbocycles. The van der Waals surface area contributed by atoms with Gasteiger partial charge in [0.05, 0.1) is 28.0 Å². The predicted molar refractivity (Wildman–Crippen MR) is 118 cm³/mol. The van der Waals surface area contributed by atoms with Crippen molar-refractivity contribution >= 4 is 40.2 Å². The number of para-hydroxylation sites is 1. The number of amidine groups is 1. The van der Waals surface area contributed by atoms with Crippen LogP contribution in [0.1, 0.15) is 30.9 Å². The first kappa shape index (κ1) is 20.9. The first-order valence-corrected chi connectivity index (χ1v) is 11.3. The summed E-state index contributed by atoms with van der Waals surface area (Å²) in [6.07, 6.45) is -1.87. The second-order valence-electron chi connectivity index (χ2n) is 7.79. The Labute approximate surface area is 186 Å². The molecule has 2 heterocycles. The van der Waals surface area contributed by atoms with Gasteiger partial charge in [0.1, 0.15) is 5.84 Å². The maximum Gasteiger partial charge on any atom is 0.416 e. The van der Waals surface area contributed by atoms with Crippen LogP contribution in [0.3, 0.4) is 0 Å². The first-order chi connectivity index (χ1) is 15.4. The number of hydrogen-bond donors (Lipinski definition) is 1. The fourth-order valence-corrected chi connectivity index (χ4v) is 4.58. The van der Waals surface area contributed by atoms with Crippen molar-refractivity contribution in [3.63, 3.8) is 0 Å². The Morgan fingerprint density at radius 2 is 1.94 bits per heavy atom. The Morgan fingerprint density at radius 3 is 2.66 bits per heavy atom. The molecule has 10 heteroatoms. The number of imidazole rings is 1. The second-order valence-corrected chi connectivity index (χ2v) is 8.73. The second kappa shape index (κ2) is 8.16. The van der Waals surface area contributed by atoms with Crippen LogP contribution in [-0.2, 0) is 11.0 Å². The highest BCUT2D eigenvalue weighted by Gasteiger charge is 2.33. The minimum atomic E-state index is -4.42. The molecule has 0 unspecified atom stereocenters. The molecule has 0 spiro atoms. The monoisotopic (exact) mass is 459 g/mol. The third kappa shape index (κ3) is 4.32. The number of rotatable bonds is 5. The number of aromatic nitrogens is 2. The van der Waals surface area contributed by atoms with Gasteiger partial charge >= 0.3 is 6.18 Å². The zero-order valence-electron chi connectivity index (χ0n) is 17.0. The molecule has 6 nitrogen and oxygen atoms in total. The number of fused-ring (bicyclic) bond motifs is 1. The van der Waals surface area contributed by atoms with Crippen molar-refractivity contribution < 1.29 is 18.0 Å². The number of nitrogens with one attached hydrogen (secondary N) is 1. The van der Waals surface area contributed by atoms with E-state index in [1.54, 1.807) is 0 Å².